The van der Waals surface area contributed by atoms with Crippen LogP contribution in [-0.2, 0) is 12.3 Å². The molecule has 0 heterocycles. The van der Waals surface area contributed by atoms with Crippen molar-refractivity contribution in [2.45, 2.75) is 19.2 Å². The summed E-state index contributed by atoms with van der Waals surface area (Å²) in [6.07, 6.45) is 0. The zero-order valence-corrected chi connectivity index (χ0v) is 8.53. The summed E-state index contributed by atoms with van der Waals surface area (Å²) in [6.45, 7) is 2.58. The van der Waals surface area contributed by atoms with E-state index >= 15 is 0 Å². The lowest BCUT2D eigenvalue weighted by atomic mass is 10.1. The predicted molar refractivity (Wildman–Crippen MR) is 56.1 cm³/mol. The molecule has 72 valence electrons. The third-order valence-electron chi connectivity index (χ3n) is 1.85. The molecule has 0 radical (unpaired) electrons. The quantitative estimate of drug-likeness (QED) is 0.806. The maximum Gasteiger partial charge on any atom is 0.123 e. The minimum atomic E-state index is -0.177. The highest BCUT2D eigenvalue weighted by Gasteiger charge is 2.01. The fraction of sp³-hybridized carbons (Fsp3) is 0.400. The molecule has 1 aromatic carbocycles. The van der Waals surface area contributed by atoms with E-state index in [-0.39, 0.29) is 5.82 Å². The lowest BCUT2D eigenvalue weighted by molar-refractivity contribution is 0.625. The Morgan fingerprint density at radius 1 is 1.38 bits per heavy atom. The highest BCUT2D eigenvalue weighted by molar-refractivity contribution is 7.98. The van der Waals surface area contributed by atoms with Gasteiger partial charge >= 0.3 is 0 Å². The standard InChI is InChI=1S/C10H14FNS/c1-2-13-7-9-5-10(11)4-3-8(9)6-12/h3-5H,2,6-7,12H2,1H3. The molecular weight excluding hydrogens is 185 g/mol. The molecule has 0 atom stereocenters. The van der Waals surface area contributed by atoms with E-state index in [1.165, 1.54) is 6.07 Å². The van der Waals surface area contributed by atoms with Crippen LogP contribution < -0.4 is 5.73 Å². The number of thioether (sulfide) groups is 1. The van der Waals surface area contributed by atoms with E-state index in [4.69, 9.17) is 5.73 Å². The van der Waals surface area contributed by atoms with E-state index in [0.717, 1.165) is 22.6 Å². The van der Waals surface area contributed by atoms with Gasteiger partial charge in [-0.25, -0.2) is 4.39 Å². The maximum atomic E-state index is 12.9. The van der Waals surface area contributed by atoms with Gasteiger partial charge in [-0.15, -0.1) is 0 Å². The van der Waals surface area contributed by atoms with Gasteiger partial charge in [-0.1, -0.05) is 13.0 Å². The maximum absolute atomic E-state index is 12.9. The zero-order chi connectivity index (χ0) is 9.68. The lowest BCUT2D eigenvalue weighted by Gasteiger charge is -2.06. The first-order valence-electron chi connectivity index (χ1n) is 4.33. The van der Waals surface area contributed by atoms with Gasteiger partial charge < -0.3 is 5.73 Å². The molecule has 1 nitrogen and oxygen atoms in total. The Labute approximate surface area is 82.5 Å². The van der Waals surface area contributed by atoms with Gasteiger partial charge in [0.2, 0.25) is 0 Å². The summed E-state index contributed by atoms with van der Waals surface area (Å²) < 4.78 is 12.9. The van der Waals surface area contributed by atoms with E-state index in [1.54, 1.807) is 23.9 Å². The number of rotatable bonds is 4. The second kappa shape index (κ2) is 5.25. The van der Waals surface area contributed by atoms with Gasteiger partial charge in [-0.3, -0.25) is 0 Å². The Balaban J connectivity index is 2.81. The Morgan fingerprint density at radius 2 is 2.15 bits per heavy atom. The molecule has 1 aromatic rings. The number of hydrogen-bond donors (Lipinski definition) is 1. The monoisotopic (exact) mass is 199 g/mol. The summed E-state index contributed by atoms with van der Waals surface area (Å²) in [5.41, 5.74) is 7.61. The molecule has 1 rings (SSSR count). The van der Waals surface area contributed by atoms with Crippen LogP contribution in [-0.4, -0.2) is 5.75 Å². The van der Waals surface area contributed by atoms with Crippen LogP contribution in [0.5, 0.6) is 0 Å². The van der Waals surface area contributed by atoms with Gasteiger partial charge in [-0.05, 0) is 29.0 Å². The molecule has 0 fully saturated rings. The third-order valence-corrected chi connectivity index (χ3v) is 2.77. The van der Waals surface area contributed by atoms with Gasteiger partial charge in [0.05, 0.1) is 0 Å². The molecule has 0 aromatic heterocycles. The van der Waals surface area contributed by atoms with Crippen LogP contribution in [0, 0.1) is 5.82 Å². The second-order valence-electron chi connectivity index (χ2n) is 2.75. The molecule has 2 N–H and O–H groups in total. The van der Waals surface area contributed by atoms with E-state index in [2.05, 4.69) is 6.92 Å². The van der Waals surface area contributed by atoms with Crippen molar-refractivity contribution in [1.29, 1.82) is 0 Å². The fourth-order valence-corrected chi connectivity index (χ4v) is 1.83. The van der Waals surface area contributed by atoms with Crippen molar-refractivity contribution in [3.05, 3.63) is 35.1 Å². The minimum Gasteiger partial charge on any atom is -0.326 e. The first-order valence-corrected chi connectivity index (χ1v) is 5.48. The normalized spacial score (nSPS) is 10.4. The number of halogens is 1. The highest BCUT2D eigenvalue weighted by atomic mass is 32.2. The summed E-state index contributed by atoms with van der Waals surface area (Å²) in [5.74, 6) is 1.71. The second-order valence-corrected chi connectivity index (χ2v) is 4.03. The van der Waals surface area contributed by atoms with E-state index in [9.17, 15) is 4.39 Å². The molecule has 0 saturated heterocycles. The van der Waals surface area contributed by atoms with Crippen LogP contribution in [0.3, 0.4) is 0 Å². The first-order chi connectivity index (χ1) is 6.27. The van der Waals surface area contributed by atoms with Gasteiger partial charge in [0.1, 0.15) is 5.82 Å². The minimum absolute atomic E-state index is 0.177. The van der Waals surface area contributed by atoms with Crippen molar-refractivity contribution in [3.63, 3.8) is 0 Å². The van der Waals surface area contributed by atoms with Crippen molar-refractivity contribution in [2.75, 3.05) is 5.75 Å². The lowest BCUT2D eigenvalue weighted by Crippen LogP contribution is -2.01. The molecular formula is C10H14FNS. The fourth-order valence-electron chi connectivity index (χ4n) is 1.14. The molecule has 0 saturated carbocycles. The van der Waals surface area contributed by atoms with E-state index < -0.39 is 0 Å². The van der Waals surface area contributed by atoms with Crippen LogP contribution in [0.15, 0.2) is 18.2 Å². The average molecular weight is 199 g/mol. The van der Waals surface area contributed by atoms with Crippen molar-refractivity contribution in [2.24, 2.45) is 5.73 Å². The van der Waals surface area contributed by atoms with Crippen molar-refractivity contribution >= 4 is 11.8 Å². The topological polar surface area (TPSA) is 26.0 Å². The van der Waals surface area contributed by atoms with Crippen molar-refractivity contribution in [1.82, 2.24) is 0 Å². The predicted octanol–water partition coefficient (Wildman–Crippen LogP) is 2.54. The molecule has 0 aliphatic carbocycles. The molecule has 13 heavy (non-hydrogen) atoms. The molecule has 0 amide bonds. The molecule has 0 aliphatic heterocycles. The molecule has 0 bridgehead atoms. The van der Waals surface area contributed by atoms with Gasteiger partial charge in [0, 0.05) is 12.3 Å². The molecule has 0 spiro atoms. The van der Waals surface area contributed by atoms with E-state index in [0.29, 0.717) is 6.54 Å². The Morgan fingerprint density at radius 3 is 2.77 bits per heavy atom. The van der Waals surface area contributed by atoms with Crippen molar-refractivity contribution < 1.29 is 4.39 Å². The Bertz CT molecular complexity index is 276. The third kappa shape index (κ3) is 3.01. The number of benzene rings is 1. The highest BCUT2D eigenvalue weighted by Crippen LogP contribution is 2.17. The number of hydrogen-bond acceptors (Lipinski definition) is 2. The molecule has 3 heteroatoms. The van der Waals surface area contributed by atoms with E-state index in [1.807, 2.05) is 0 Å². The summed E-state index contributed by atoms with van der Waals surface area (Å²) >= 11 is 1.78. The zero-order valence-electron chi connectivity index (χ0n) is 7.72. The average Bonchev–Trinajstić information content (AvgIpc) is 2.15. The summed E-state index contributed by atoms with van der Waals surface area (Å²) in [6, 6.07) is 4.80. The van der Waals surface area contributed by atoms with Gasteiger partial charge in [0.25, 0.3) is 0 Å². The molecule has 0 aliphatic rings. The smallest absolute Gasteiger partial charge is 0.123 e. The van der Waals surface area contributed by atoms with Crippen LogP contribution in [0.25, 0.3) is 0 Å². The van der Waals surface area contributed by atoms with Gasteiger partial charge in [0.15, 0.2) is 0 Å². The van der Waals surface area contributed by atoms with Crippen LogP contribution in [0.2, 0.25) is 0 Å². The summed E-state index contributed by atoms with van der Waals surface area (Å²) in [7, 11) is 0. The molecule has 0 unspecified atom stereocenters. The first kappa shape index (κ1) is 10.5. The SMILES string of the molecule is CCSCc1cc(F)ccc1CN. The summed E-state index contributed by atoms with van der Waals surface area (Å²) in [5, 5.41) is 0. The van der Waals surface area contributed by atoms with Gasteiger partial charge in [-0.2, -0.15) is 11.8 Å². The largest absolute Gasteiger partial charge is 0.326 e. The van der Waals surface area contributed by atoms with Crippen LogP contribution >= 0.6 is 11.8 Å². The van der Waals surface area contributed by atoms with Crippen LogP contribution in [0.1, 0.15) is 18.1 Å². The summed E-state index contributed by atoms with van der Waals surface area (Å²) in [4.78, 5) is 0. The number of nitrogens with two attached hydrogens (primary N) is 1. The van der Waals surface area contributed by atoms with Crippen molar-refractivity contribution in [3.8, 4) is 0 Å². The van der Waals surface area contributed by atoms with Crippen LogP contribution in [0.4, 0.5) is 4.39 Å². The Kier molecular flexibility index (Phi) is 4.25. The Hall–Kier alpha value is -0.540.